The minimum Gasteiger partial charge on any atom is -0.507 e. The summed E-state index contributed by atoms with van der Waals surface area (Å²) >= 11 is 12.2. The number of aliphatic hydroxyl groups is 1. The van der Waals surface area contributed by atoms with Crippen LogP contribution in [0.15, 0.2) is 48.0 Å². The van der Waals surface area contributed by atoms with Crippen molar-refractivity contribution in [2.45, 2.75) is 13.0 Å². The fraction of sp³-hybridized carbons (Fsp3) is 0.273. The van der Waals surface area contributed by atoms with Crippen LogP contribution in [-0.2, 0) is 14.3 Å². The molecule has 1 N–H and O–H groups in total. The maximum atomic E-state index is 12.9. The Bertz CT molecular complexity index is 1000. The zero-order valence-corrected chi connectivity index (χ0v) is 18.0. The fourth-order valence-corrected chi connectivity index (χ4v) is 3.69. The lowest BCUT2D eigenvalue weighted by atomic mass is 9.95. The highest BCUT2D eigenvalue weighted by Gasteiger charge is 2.46. The van der Waals surface area contributed by atoms with Gasteiger partial charge in [0, 0.05) is 19.2 Å². The minimum absolute atomic E-state index is 0.0249. The number of aliphatic hydroxyl groups excluding tert-OH is 1. The van der Waals surface area contributed by atoms with Crippen molar-refractivity contribution in [3.8, 4) is 5.75 Å². The molecular formula is C22H21Cl2NO5. The molecule has 2 aromatic rings. The SMILES string of the molecule is CCOc1cccc(/C(O)=C2\C(=O)C(=O)N(CCOC)C2c2ccc(Cl)c(Cl)c2)c1. The number of carbonyl (C=O) groups excluding carboxylic acids is 2. The third-order valence-corrected chi connectivity index (χ3v) is 5.49. The van der Waals surface area contributed by atoms with E-state index in [1.807, 2.05) is 6.92 Å². The fourth-order valence-electron chi connectivity index (χ4n) is 3.38. The van der Waals surface area contributed by atoms with E-state index < -0.39 is 17.7 Å². The van der Waals surface area contributed by atoms with Gasteiger partial charge in [0.15, 0.2) is 0 Å². The van der Waals surface area contributed by atoms with Gasteiger partial charge >= 0.3 is 0 Å². The highest BCUT2D eigenvalue weighted by molar-refractivity contribution is 6.46. The van der Waals surface area contributed by atoms with Gasteiger partial charge in [-0.15, -0.1) is 0 Å². The van der Waals surface area contributed by atoms with Crippen LogP contribution in [0.1, 0.15) is 24.1 Å². The van der Waals surface area contributed by atoms with Gasteiger partial charge in [-0.3, -0.25) is 9.59 Å². The second-order valence-corrected chi connectivity index (χ2v) is 7.43. The largest absolute Gasteiger partial charge is 0.507 e. The van der Waals surface area contributed by atoms with Crippen molar-refractivity contribution in [2.24, 2.45) is 0 Å². The molecule has 1 heterocycles. The number of nitrogens with zero attached hydrogens (tertiary/aromatic N) is 1. The van der Waals surface area contributed by atoms with Gasteiger partial charge in [-0.25, -0.2) is 0 Å². The number of hydrogen-bond acceptors (Lipinski definition) is 5. The number of methoxy groups -OCH3 is 1. The summed E-state index contributed by atoms with van der Waals surface area (Å²) in [6.45, 7) is 2.69. The molecule has 0 spiro atoms. The molecule has 1 atom stereocenters. The van der Waals surface area contributed by atoms with Crippen LogP contribution in [0.4, 0.5) is 0 Å². The Morgan fingerprint density at radius 3 is 2.57 bits per heavy atom. The monoisotopic (exact) mass is 449 g/mol. The molecule has 30 heavy (non-hydrogen) atoms. The number of amides is 1. The second-order valence-electron chi connectivity index (χ2n) is 6.62. The van der Waals surface area contributed by atoms with Gasteiger partial charge in [-0.1, -0.05) is 41.4 Å². The van der Waals surface area contributed by atoms with Gasteiger partial charge in [0.2, 0.25) is 0 Å². The lowest BCUT2D eigenvalue weighted by Gasteiger charge is -2.25. The van der Waals surface area contributed by atoms with Crippen molar-refractivity contribution < 1.29 is 24.2 Å². The van der Waals surface area contributed by atoms with E-state index in [1.54, 1.807) is 42.5 Å². The van der Waals surface area contributed by atoms with Crippen molar-refractivity contribution in [1.82, 2.24) is 4.90 Å². The molecule has 8 heteroatoms. The van der Waals surface area contributed by atoms with Crippen LogP contribution >= 0.6 is 23.2 Å². The molecule has 0 aliphatic carbocycles. The predicted octanol–water partition coefficient (Wildman–Crippen LogP) is 4.46. The average Bonchev–Trinajstić information content (AvgIpc) is 2.99. The van der Waals surface area contributed by atoms with Crippen LogP contribution in [-0.4, -0.2) is 48.6 Å². The van der Waals surface area contributed by atoms with Crippen molar-refractivity contribution in [2.75, 3.05) is 26.9 Å². The van der Waals surface area contributed by atoms with Gasteiger partial charge in [0.25, 0.3) is 11.7 Å². The van der Waals surface area contributed by atoms with Gasteiger partial charge in [0.1, 0.15) is 11.5 Å². The Balaban J connectivity index is 2.16. The number of ketones is 1. The molecule has 1 amide bonds. The van der Waals surface area contributed by atoms with Gasteiger partial charge in [0.05, 0.1) is 34.9 Å². The van der Waals surface area contributed by atoms with Crippen molar-refractivity contribution >= 4 is 40.7 Å². The molecule has 3 rings (SSSR count). The van der Waals surface area contributed by atoms with Crippen LogP contribution < -0.4 is 4.74 Å². The molecule has 158 valence electrons. The number of ether oxygens (including phenoxy) is 2. The van der Waals surface area contributed by atoms with E-state index >= 15 is 0 Å². The quantitative estimate of drug-likeness (QED) is 0.383. The van der Waals surface area contributed by atoms with Gasteiger partial charge in [-0.2, -0.15) is 0 Å². The standard InChI is InChI=1S/C22H21Cl2NO5/c1-3-30-15-6-4-5-14(11-15)20(26)18-19(13-7-8-16(23)17(24)12-13)25(9-10-29-2)22(28)21(18)27/h4-8,11-12,19,26H,3,9-10H2,1-2H3/b20-18+. The molecule has 0 aromatic heterocycles. The highest BCUT2D eigenvalue weighted by Crippen LogP contribution is 2.41. The Morgan fingerprint density at radius 2 is 1.90 bits per heavy atom. The van der Waals surface area contributed by atoms with E-state index in [1.165, 1.54) is 12.0 Å². The Morgan fingerprint density at radius 1 is 1.13 bits per heavy atom. The van der Waals surface area contributed by atoms with Gasteiger partial charge < -0.3 is 19.5 Å². The number of Topliss-reactive ketones (excluding diaryl/α,β-unsaturated/α-hetero) is 1. The maximum Gasteiger partial charge on any atom is 0.295 e. The zero-order chi connectivity index (χ0) is 21.8. The van der Waals surface area contributed by atoms with E-state index in [9.17, 15) is 14.7 Å². The topological polar surface area (TPSA) is 76.1 Å². The molecule has 0 bridgehead atoms. The minimum atomic E-state index is -0.828. The first-order valence-electron chi connectivity index (χ1n) is 9.34. The Labute approximate surface area is 184 Å². The van der Waals surface area contributed by atoms with E-state index in [2.05, 4.69) is 0 Å². The smallest absolute Gasteiger partial charge is 0.295 e. The average molecular weight is 450 g/mol. The Hall–Kier alpha value is -2.54. The van der Waals surface area contributed by atoms with Crippen LogP contribution in [0.25, 0.3) is 5.76 Å². The molecule has 0 saturated carbocycles. The number of rotatable bonds is 7. The predicted molar refractivity (Wildman–Crippen MR) is 115 cm³/mol. The molecule has 2 aromatic carbocycles. The zero-order valence-electron chi connectivity index (χ0n) is 16.5. The van der Waals surface area contributed by atoms with Crippen molar-refractivity contribution in [3.05, 3.63) is 69.2 Å². The molecule has 1 saturated heterocycles. The molecule has 1 fully saturated rings. The summed E-state index contributed by atoms with van der Waals surface area (Å²) < 4.78 is 10.6. The van der Waals surface area contributed by atoms with Crippen molar-refractivity contribution in [1.29, 1.82) is 0 Å². The summed E-state index contributed by atoms with van der Waals surface area (Å²) in [6.07, 6.45) is 0. The van der Waals surface area contributed by atoms with Crippen LogP contribution in [0.5, 0.6) is 5.75 Å². The highest BCUT2D eigenvalue weighted by atomic mass is 35.5. The lowest BCUT2D eigenvalue weighted by molar-refractivity contribution is -0.140. The Kier molecular flexibility index (Phi) is 7.02. The van der Waals surface area contributed by atoms with E-state index in [4.69, 9.17) is 32.7 Å². The summed E-state index contributed by atoms with van der Waals surface area (Å²) in [7, 11) is 1.50. The first-order chi connectivity index (χ1) is 14.4. The molecular weight excluding hydrogens is 429 g/mol. The third-order valence-electron chi connectivity index (χ3n) is 4.75. The molecule has 6 nitrogen and oxygen atoms in total. The summed E-state index contributed by atoms with van der Waals surface area (Å²) in [5.41, 5.74) is 0.904. The van der Waals surface area contributed by atoms with Crippen LogP contribution in [0.2, 0.25) is 10.0 Å². The summed E-state index contributed by atoms with van der Waals surface area (Å²) in [4.78, 5) is 27.0. The number of carbonyl (C=O) groups is 2. The molecule has 1 unspecified atom stereocenters. The van der Waals surface area contributed by atoms with Gasteiger partial charge in [-0.05, 0) is 36.8 Å². The van der Waals surface area contributed by atoms with Crippen LogP contribution in [0, 0.1) is 0 Å². The van der Waals surface area contributed by atoms with E-state index in [0.29, 0.717) is 28.5 Å². The number of likely N-dealkylation sites (tertiary alicyclic amines) is 1. The van der Waals surface area contributed by atoms with E-state index in [-0.39, 0.29) is 29.5 Å². The second kappa shape index (κ2) is 9.51. The van der Waals surface area contributed by atoms with Crippen molar-refractivity contribution in [3.63, 3.8) is 0 Å². The normalized spacial score (nSPS) is 18.1. The molecule has 0 radical (unpaired) electrons. The summed E-state index contributed by atoms with van der Waals surface area (Å²) in [6, 6.07) is 10.7. The third kappa shape index (κ3) is 4.31. The number of hydrogen-bond donors (Lipinski definition) is 1. The summed E-state index contributed by atoms with van der Waals surface area (Å²) in [5.74, 6) is -1.24. The first kappa shape index (κ1) is 22.2. The first-order valence-corrected chi connectivity index (χ1v) is 10.1. The number of benzene rings is 2. The summed E-state index contributed by atoms with van der Waals surface area (Å²) in [5, 5.41) is 11.7. The number of halogens is 2. The molecule has 1 aliphatic heterocycles. The van der Waals surface area contributed by atoms with Crippen LogP contribution in [0.3, 0.4) is 0 Å². The lowest BCUT2D eigenvalue weighted by Crippen LogP contribution is -2.32. The molecule has 1 aliphatic rings. The van der Waals surface area contributed by atoms with E-state index in [0.717, 1.165) is 0 Å². The maximum absolute atomic E-state index is 12.9.